The van der Waals surface area contributed by atoms with E-state index in [0.717, 1.165) is 75.2 Å². The van der Waals surface area contributed by atoms with Crippen molar-refractivity contribution in [1.29, 1.82) is 0 Å². The quantitative estimate of drug-likeness (QED) is 0.571. The molecule has 0 bridgehead atoms. The van der Waals surface area contributed by atoms with Gasteiger partial charge in [-0.3, -0.25) is 4.98 Å². The smallest absolute Gasteiger partial charge is 0.375 e. The van der Waals surface area contributed by atoms with Crippen LogP contribution in [0.25, 0.3) is 0 Å². The molecule has 31 heavy (non-hydrogen) atoms. The van der Waals surface area contributed by atoms with E-state index in [0.29, 0.717) is 6.42 Å². The normalized spacial score (nSPS) is 23.3. The van der Waals surface area contributed by atoms with Gasteiger partial charge in [0.05, 0.1) is 11.2 Å². The van der Waals surface area contributed by atoms with E-state index in [1.807, 2.05) is 12.3 Å². The number of hydrogen-bond donors (Lipinski definition) is 1. The number of rotatable bonds is 7. The molecular formula is C25H31F3N2O. The number of pyridine rings is 1. The maximum Gasteiger partial charge on any atom is 0.416 e. The Morgan fingerprint density at radius 2 is 1.74 bits per heavy atom. The summed E-state index contributed by atoms with van der Waals surface area (Å²) in [6.45, 7) is 2.38. The molecule has 1 saturated heterocycles. The van der Waals surface area contributed by atoms with Crippen LogP contribution in [-0.2, 0) is 22.7 Å². The van der Waals surface area contributed by atoms with Gasteiger partial charge in [-0.25, -0.2) is 0 Å². The van der Waals surface area contributed by atoms with Gasteiger partial charge in [-0.1, -0.05) is 31.0 Å². The first-order chi connectivity index (χ1) is 14.9. The Kier molecular flexibility index (Phi) is 6.68. The van der Waals surface area contributed by atoms with Gasteiger partial charge in [-0.2, -0.15) is 13.2 Å². The van der Waals surface area contributed by atoms with E-state index in [-0.39, 0.29) is 11.0 Å². The third kappa shape index (κ3) is 5.29. The van der Waals surface area contributed by atoms with Crippen molar-refractivity contribution in [3.05, 3.63) is 65.5 Å². The summed E-state index contributed by atoms with van der Waals surface area (Å²) < 4.78 is 44.4. The maximum atomic E-state index is 12.7. The molecule has 1 atom stereocenters. The number of nitrogens with zero attached hydrogens (tertiary/aromatic N) is 1. The number of aromatic nitrogens is 1. The molecule has 2 aliphatic rings. The molecule has 1 aromatic carbocycles. The van der Waals surface area contributed by atoms with Gasteiger partial charge < -0.3 is 10.1 Å². The first kappa shape index (κ1) is 22.3. The molecule has 0 radical (unpaired) electrons. The molecule has 1 saturated carbocycles. The molecule has 0 amide bonds. The van der Waals surface area contributed by atoms with Crippen LogP contribution in [0.4, 0.5) is 13.2 Å². The number of hydrogen-bond acceptors (Lipinski definition) is 3. The van der Waals surface area contributed by atoms with E-state index in [9.17, 15) is 13.2 Å². The van der Waals surface area contributed by atoms with Crippen molar-refractivity contribution in [3.63, 3.8) is 0 Å². The molecular weight excluding hydrogens is 401 g/mol. The number of benzene rings is 1. The van der Waals surface area contributed by atoms with E-state index in [1.54, 1.807) is 12.1 Å². The van der Waals surface area contributed by atoms with E-state index in [4.69, 9.17) is 9.72 Å². The van der Waals surface area contributed by atoms with Gasteiger partial charge in [-0.05, 0) is 81.4 Å². The highest BCUT2D eigenvalue weighted by Crippen LogP contribution is 2.49. The molecule has 3 nitrogen and oxygen atoms in total. The summed E-state index contributed by atoms with van der Waals surface area (Å²) in [7, 11) is 0. The topological polar surface area (TPSA) is 34.2 Å². The highest BCUT2D eigenvalue weighted by Gasteiger charge is 2.48. The van der Waals surface area contributed by atoms with Crippen LogP contribution in [0.5, 0.6) is 0 Å². The molecule has 1 spiro atoms. The van der Waals surface area contributed by atoms with Crippen LogP contribution >= 0.6 is 0 Å². The largest absolute Gasteiger partial charge is 0.416 e. The van der Waals surface area contributed by atoms with Crippen LogP contribution in [0, 0.1) is 0 Å². The van der Waals surface area contributed by atoms with Crippen molar-refractivity contribution in [1.82, 2.24) is 10.3 Å². The molecule has 1 unspecified atom stereocenters. The van der Waals surface area contributed by atoms with Gasteiger partial charge >= 0.3 is 6.18 Å². The first-order valence-corrected chi connectivity index (χ1v) is 11.3. The van der Waals surface area contributed by atoms with Crippen molar-refractivity contribution in [2.45, 2.75) is 68.6 Å². The lowest BCUT2D eigenvalue weighted by Gasteiger charge is -2.46. The van der Waals surface area contributed by atoms with Gasteiger partial charge in [0.15, 0.2) is 0 Å². The Bertz CT molecular complexity index is 832. The van der Waals surface area contributed by atoms with Crippen molar-refractivity contribution < 1.29 is 17.9 Å². The third-order valence-electron chi connectivity index (χ3n) is 7.02. The molecule has 2 heterocycles. The SMILES string of the molecule is FC(F)(F)c1ccc(CCNCCC2(c3ccccn3)CCOC3(CCCC3)C2)cc1. The molecule has 4 rings (SSSR count). The van der Waals surface area contributed by atoms with Gasteiger partial charge in [0.2, 0.25) is 0 Å². The predicted molar refractivity (Wildman–Crippen MR) is 115 cm³/mol. The Labute approximate surface area is 182 Å². The molecule has 168 valence electrons. The van der Waals surface area contributed by atoms with Crippen LogP contribution in [0.2, 0.25) is 0 Å². The van der Waals surface area contributed by atoms with E-state index >= 15 is 0 Å². The fourth-order valence-corrected chi connectivity index (χ4v) is 5.34. The lowest BCUT2D eigenvalue weighted by molar-refractivity contribution is -0.137. The second-order valence-electron chi connectivity index (χ2n) is 9.11. The second-order valence-corrected chi connectivity index (χ2v) is 9.11. The fraction of sp³-hybridized carbons (Fsp3) is 0.560. The number of nitrogens with one attached hydrogen (secondary N) is 1. The number of halogens is 3. The Balaban J connectivity index is 1.34. The van der Waals surface area contributed by atoms with Crippen LogP contribution in [0.1, 0.15) is 61.8 Å². The average Bonchev–Trinajstić information content (AvgIpc) is 3.21. The van der Waals surface area contributed by atoms with E-state index < -0.39 is 11.7 Å². The van der Waals surface area contributed by atoms with Crippen molar-refractivity contribution in [2.75, 3.05) is 19.7 Å². The molecule has 1 aliphatic carbocycles. The standard InChI is InChI=1S/C25H31F3N2O/c26-25(27,28)21-8-6-20(7-9-21)10-16-29-17-13-23(22-5-1-4-15-30-22)14-18-31-24(19-23)11-2-3-12-24/h1,4-9,15,29H,2-3,10-14,16-19H2. The summed E-state index contributed by atoms with van der Waals surface area (Å²) in [4.78, 5) is 4.73. The summed E-state index contributed by atoms with van der Waals surface area (Å²) in [6.07, 6.45) is 6.07. The highest BCUT2D eigenvalue weighted by atomic mass is 19.4. The highest BCUT2D eigenvalue weighted by molar-refractivity contribution is 5.25. The van der Waals surface area contributed by atoms with Crippen LogP contribution in [0.3, 0.4) is 0 Å². The number of ether oxygens (including phenoxy) is 1. The fourth-order valence-electron chi connectivity index (χ4n) is 5.34. The van der Waals surface area contributed by atoms with Crippen LogP contribution in [-0.4, -0.2) is 30.3 Å². The van der Waals surface area contributed by atoms with Crippen molar-refractivity contribution in [2.24, 2.45) is 0 Å². The Morgan fingerprint density at radius 1 is 0.968 bits per heavy atom. The van der Waals surface area contributed by atoms with Crippen molar-refractivity contribution >= 4 is 0 Å². The van der Waals surface area contributed by atoms with E-state index in [1.165, 1.54) is 12.8 Å². The maximum absolute atomic E-state index is 12.7. The molecule has 1 aromatic heterocycles. The first-order valence-electron chi connectivity index (χ1n) is 11.3. The zero-order valence-corrected chi connectivity index (χ0v) is 17.9. The summed E-state index contributed by atoms with van der Waals surface area (Å²) in [5.41, 5.74) is 1.51. The van der Waals surface area contributed by atoms with Gasteiger partial charge in [0, 0.05) is 23.9 Å². The van der Waals surface area contributed by atoms with E-state index in [2.05, 4.69) is 17.4 Å². The third-order valence-corrected chi connectivity index (χ3v) is 7.02. The molecule has 6 heteroatoms. The van der Waals surface area contributed by atoms with Crippen molar-refractivity contribution in [3.8, 4) is 0 Å². The zero-order valence-electron chi connectivity index (χ0n) is 17.9. The minimum absolute atomic E-state index is 0.00992. The second kappa shape index (κ2) is 9.29. The Hall–Kier alpha value is -1.92. The average molecular weight is 433 g/mol. The van der Waals surface area contributed by atoms with Crippen LogP contribution < -0.4 is 5.32 Å². The summed E-state index contributed by atoms with van der Waals surface area (Å²) in [5, 5.41) is 3.51. The van der Waals surface area contributed by atoms with Gasteiger partial charge in [0.25, 0.3) is 0 Å². The van der Waals surface area contributed by atoms with Crippen LogP contribution in [0.15, 0.2) is 48.7 Å². The summed E-state index contributed by atoms with van der Waals surface area (Å²) in [5.74, 6) is 0. The summed E-state index contributed by atoms with van der Waals surface area (Å²) in [6, 6.07) is 11.6. The van der Waals surface area contributed by atoms with Gasteiger partial charge in [0.1, 0.15) is 0 Å². The minimum Gasteiger partial charge on any atom is -0.375 e. The molecule has 2 aromatic rings. The predicted octanol–water partition coefficient (Wildman–Crippen LogP) is 5.68. The molecule has 1 aliphatic heterocycles. The molecule has 1 N–H and O–H groups in total. The number of alkyl halides is 3. The zero-order chi connectivity index (χ0) is 21.8. The lowest BCUT2D eigenvalue weighted by Crippen LogP contribution is -2.47. The Morgan fingerprint density at radius 3 is 2.42 bits per heavy atom. The molecule has 2 fully saturated rings. The monoisotopic (exact) mass is 432 g/mol. The summed E-state index contributed by atoms with van der Waals surface area (Å²) >= 11 is 0. The van der Waals surface area contributed by atoms with Gasteiger partial charge in [-0.15, -0.1) is 0 Å². The lowest BCUT2D eigenvalue weighted by atomic mass is 9.68. The minimum atomic E-state index is -4.28.